The van der Waals surface area contributed by atoms with Crippen LogP contribution in [-0.2, 0) is 11.8 Å². The molecule has 0 saturated carbocycles. The topological polar surface area (TPSA) is 81.1 Å². The molecule has 0 aliphatic carbocycles. The summed E-state index contributed by atoms with van der Waals surface area (Å²) in [4.78, 5) is 16.5. The number of nitrogens with one attached hydrogen (secondary N) is 2. The van der Waals surface area contributed by atoms with Gasteiger partial charge in [-0.1, -0.05) is 6.07 Å². The Kier molecular flexibility index (Phi) is 4.29. The van der Waals surface area contributed by atoms with Crippen molar-refractivity contribution in [2.24, 2.45) is 7.05 Å². The Morgan fingerprint density at radius 1 is 1.39 bits per heavy atom. The Hall–Kier alpha value is -2.41. The SMILES string of the molecule is Cc1cccc(NC(=O)N[C@H]2CCO[C@@H]2c2cnn(C)c2C)n1. The zero-order valence-electron chi connectivity index (χ0n) is 13.5. The molecule has 0 spiro atoms. The van der Waals surface area contributed by atoms with E-state index < -0.39 is 0 Å². The van der Waals surface area contributed by atoms with Gasteiger partial charge in [-0.3, -0.25) is 10.00 Å². The fourth-order valence-electron chi connectivity index (χ4n) is 2.77. The van der Waals surface area contributed by atoms with Gasteiger partial charge in [-0.25, -0.2) is 9.78 Å². The van der Waals surface area contributed by atoms with Crippen molar-refractivity contribution in [2.45, 2.75) is 32.4 Å². The van der Waals surface area contributed by atoms with Crippen molar-refractivity contribution in [1.29, 1.82) is 0 Å². The lowest BCUT2D eigenvalue weighted by Crippen LogP contribution is -2.39. The predicted molar refractivity (Wildman–Crippen MR) is 86.2 cm³/mol. The molecule has 0 aromatic carbocycles. The second kappa shape index (κ2) is 6.37. The van der Waals surface area contributed by atoms with E-state index >= 15 is 0 Å². The van der Waals surface area contributed by atoms with Crippen LogP contribution in [-0.4, -0.2) is 33.4 Å². The van der Waals surface area contributed by atoms with E-state index in [0.717, 1.165) is 23.4 Å². The molecule has 3 rings (SSSR count). The van der Waals surface area contributed by atoms with E-state index in [9.17, 15) is 4.79 Å². The minimum absolute atomic E-state index is 0.0808. The number of carbonyl (C=O) groups excluding carboxylic acids is 1. The maximum absolute atomic E-state index is 12.2. The lowest BCUT2D eigenvalue weighted by molar-refractivity contribution is 0.0998. The third-order valence-electron chi connectivity index (χ3n) is 4.12. The molecule has 0 bridgehead atoms. The fourth-order valence-corrected chi connectivity index (χ4v) is 2.77. The second-order valence-electron chi connectivity index (χ2n) is 5.76. The van der Waals surface area contributed by atoms with Crippen molar-refractivity contribution in [2.75, 3.05) is 11.9 Å². The first-order valence-corrected chi connectivity index (χ1v) is 7.66. The molecule has 2 aromatic heterocycles. The molecule has 7 nitrogen and oxygen atoms in total. The van der Waals surface area contributed by atoms with Crippen LogP contribution in [0.15, 0.2) is 24.4 Å². The minimum atomic E-state index is -0.273. The van der Waals surface area contributed by atoms with Crippen LogP contribution in [0.1, 0.15) is 29.5 Å². The fraction of sp³-hybridized carbons (Fsp3) is 0.438. The molecule has 0 unspecified atom stereocenters. The maximum atomic E-state index is 12.2. The van der Waals surface area contributed by atoms with Crippen LogP contribution >= 0.6 is 0 Å². The molecule has 3 heterocycles. The van der Waals surface area contributed by atoms with E-state index in [4.69, 9.17) is 4.74 Å². The first-order chi connectivity index (χ1) is 11.0. The van der Waals surface area contributed by atoms with Gasteiger partial charge in [0.1, 0.15) is 11.9 Å². The molecule has 2 amide bonds. The molecular weight excluding hydrogens is 294 g/mol. The summed E-state index contributed by atoms with van der Waals surface area (Å²) >= 11 is 0. The van der Waals surface area contributed by atoms with Crippen molar-refractivity contribution in [3.05, 3.63) is 41.3 Å². The number of nitrogens with zero attached hydrogens (tertiary/aromatic N) is 3. The quantitative estimate of drug-likeness (QED) is 0.908. The first kappa shape index (κ1) is 15.5. The number of aromatic nitrogens is 3. The highest BCUT2D eigenvalue weighted by molar-refractivity contribution is 5.88. The number of pyridine rings is 1. The lowest BCUT2D eigenvalue weighted by Gasteiger charge is -2.20. The third-order valence-corrected chi connectivity index (χ3v) is 4.12. The van der Waals surface area contributed by atoms with Gasteiger partial charge in [0.15, 0.2) is 0 Å². The zero-order chi connectivity index (χ0) is 16.4. The van der Waals surface area contributed by atoms with Gasteiger partial charge in [0.05, 0.1) is 12.2 Å². The number of amides is 2. The lowest BCUT2D eigenvalue weighted by atomic mass is 10.0. The molecule has 2 N–H and O–H groups in total. The summed E-state index contributed by atoms with van der Waals surface area (Å²) in [5, 5.41) is 9.99. The van der Waals surface area contributed by atoms with Crippen LogP contribution < -0.4 is 10.6 Å². The van der Waals surface area contributed by atoms with E-state index in [0.29, 0.717) is 12.4 Å². The Morgan fingerprint density at radius 3 is 2.91 bits per heavy atom. The summed E-state index contributed by atoms with van der Waals surface area (Å²) in [5.74, 6) is 0.538. The van der Waals surface area contributed by atoms with E-state index in [-0.39, 0.29) is 18.2 Å². The second-order valence-corrected chi connectivity index (χ2v) is 5.76. The van der Waals surface area contributed by atoms with Crippen LogP contribution in [0.2, 0.25) is 0 Å². The largest absolute Gasteiger partial charge is 0.371 e. The highest BCUT2D eigenvalue weighted by atomic mass is 16.5. The van der Waals surface area contributed by atoms with Crippen LogP contribution in [0.3, 0.4) is 0 Å². The number of ether oxygens (including phenoxy) is 1. The van der Waals surface area contributed by atoms with Crippen LogP contribution in [0.4, 0.5) is 10.6 Å². The van der Waals surface area contributed by atoms with Crippen LogP contribution in [0, 0.1) is 13.8 Å². The molecule has 2 atom stereocenters. The monoisotopic (exact) mass is 315 g/mol. The Labute approximate surface area is 135 Å². The van der Waals surface area contributed by atoms with Gasteiger partial charge in [-0.2, -0.15) is 5.10 Å². The molecule has 1 fully saturated rings. The molecule has 1 saturated heterocycles. The Morgan fingerprint density at radius 2 is 2.22 bits per heavy atom. The highest BCUT2D eigenvalue weighted by Crippen LogP contribution is 2.30. The number of rotatable bonds is 3. The van der Waals surface area contributed by atoms with Crippen molar-refractivity contribution in [3.63, 3.8) is 0 Å². The summed E-state index contributed by atoms with van der Waals surface area (Å²) in [5.41, 5.74) is 2.92. The van der Waals surface area contributed by atoms with Crippen LogP contribution in [0.5, 0.6) is 0 Å². The summed E-state index contributed by atoms with van der Waals surface area (Å²) in [6, 6.07) is 5.15. The maximum Gasteiger partial charge on any atom is 0.320 e. The number of hydrogen-bond donors (Lipinski definition) is 2. The van der Waals surface area contributed by atoms with Gasteiger partial charge in [-0.05, 0) is 32.4 Å². The molecule has 1 aliphatic rings. The van der Waals surface area contributed by atoms with Crippen molar-refractivity contribution >= 4 is 11.8 Å². The predicted octanol–water partition coefficient (Wildman–Crippen LogP) is 2.08. The third kappa shape index (κ3) is 3.34. The average Bonchev–Trinajstić information content (AvgIpc) is 3.07. The van der Waals surface area contributed by atoms with Gasteiger partial charge in [-0.15, -0.1) is 0 Å². The number of hydrogen-bond acceptors (Lipinski definition) is 4. The van der Waals surface area contributed by atoms with Gasteiger partial charge in [0.25, 0.3) is 0 Å². The summed E-state index contributed by atoms with van der Waals surface area (Å²) in [6.45, 7) is 4.50. The molecule has 0 radical (unpaired) electrons. The summed E-state index contributed by atoms with van der Waals surface area (Å²) in [7, 11) is 1.90. The minimum Gasteiger partial charge on any atom is -0.371 e. The number of carbonyl (C=O) groups is 1. The van der Waals surface area contributed by atoms with Crippen molar-refractivity contribution in [1.82, 2.24) is 20.1 Å². The van der Waals surface area contributed by atoms with Crippen molar-refractivity contribution in [3.8, 4) is 0 Å². The molecule has 2 aromatic rings. The Balaban J connectivity index is 1.66. The Bertz CT molecular complexity index is 712. The molecule has 7 heteroatoms. The van der Waals surface area contributed by atoms with Gasteiger partial charge in [0.2, 0.25) is 0 Å². The van der Waals surface area contributed by atoms with E-state index in [1.807, 2.05) is 37.7 Å². The number of anilines is 1. The van der Waals surface area contributed by atoms with Gasteiger partial charge >= 0.3 is 6.03 Å². The molecule has 23 heavy (non-hydrogen) atoms. The van der Waals surface area contributed by atoms with Gasteiger partial charge in [0, 0.05) is 30.6 Å². The first-order valence-electron chi connectivity index (χ1n) is 7.66. The smallest absolute Gasteiger partial charge is 0.320 e. The standard InChI is InChI=1S/C16H21N5O2/c1-10-5-4-6-14(18-10)20-16(22)19-13-7-8-23-15(13)12-9-17-21(3)11(12)2/h4-6,9,13,15H,7-8H2,1-3H3,(H2,18,19,20,22)/t13-,15+/m0/s1. The summed E-state index contributed by atoms with van der Waals surface area (Å²) < 4.78 is 7.61. The van der Waals surface area contributed by atoms with Crippen LogP contribution in [0.25, 0.3) is 0 Å². The molecule has 1 aliphatic heterocycles. The van der Waals surface area contributed by atoms with Gasteiger partial charge < -0.3 is 10.1 Å². The molecule has 122 valence electrons. The van der Waals surface area contributed by atoms with E-state index in [1.165, 1.54) is 0 Å². The number of aryl methyl sites for hydroxylation is 2. The normalized spacial score (nSPS) is 20.5. The van der Waals surface area contributed by atoms with Crippen molar-refractivity contribution < 1.29 is 9.53 Å². The summed E-state index contributed by atoms with van der Waals surface area (Å²) in [6.07, 6.45) is 2.41. The van der Waals surface area contributed by atoms with E-state index in [2.05, 4.69) is 20.7 Å². The highest BCUT2D eigenvalue weighted by Gasteiger charge is 2.33. The van der Waals surface area contributed by atoms with E-state index in [1.54, 1.807) is 12.3 Å². The average molecular weight is 315 g/mol. The number of urea groups is 1. The zero-order valence-corrected chi connectivity index (χ0v) is 13.5. The molecular formula is C16H21N5O2.